The molecule has 1 aliphatic heterocycles. The van der Waals surface area contributed by atoms with Crippen molar-refractivity contribution in [2.45, 2.75) is 51.4 Å². The first kappa shape index (κ1) is 12.2. The molecule has 1 aliphatic carbocycles. The molecule has 0 bridgehead atoms. The molecule has 0 radical (unpaired) electrons. The van der Waals surface area contributed by atoms with Gasteiger partial charge in [0.05, 0.1) is 0 Å². The van der Waals surface area contributed by atoms with Crippen LogP contribution in [-0.4, -0.2) is 23.9 Å². The second-order valence-electron chi connectivity index (χ2n) is 5.30. The SMILES string of the molecule is O=C1CCCc2sc(N3CCCCCCC3)nc21. The molecular formula is C14H20N2OS. The number of rotatable bonds is 1. The van der Waals surface area contributed by atoms with E-state index >= 15 is 0 Å². The molecule has 3 nitrogen and oxygen atoms in total. The Balaban J connectivity index is 1.80. The predicted octanol–water partition coefficient (Wildman–Crippen LogP) is 3.43. The van der Waals surface area contributed by atoms with E-state index in [9.17, 15) is 4.79 Å². The normalized spacial score (nSPS) is 21.3. The van der Waals surface area contributed by atoms with Crippen molar-refractivity contribution in [2.75, 3.05) is 18.0 Å². The molecule has 0 amide bonds. The van der Waals surface area contributed by atoms with E-state index in [1.165, 1.54) is 37.0 Å². The highest BCUT2D eigenvalue weighted by molar-refractivity contribution is 7.16. The molecule has 1 aromatic rings. The number of carbonyl (C=O) groups is 1. The number of hydrogen-bond donors (Lipinski definition) is 0. The topological polar surface area (TPSA) is 33.2 Å². The van der Waals surface area contributed by atoms with Gasteiger partial charge in [-0.05, 0) is 25.7 Å². The Morgan fingerprint density at radius 1 is 0.944 bits per heavy atom. The standard InChI is InChI=1S/C14H20N2OS/c17-11-7-6-8-12-13(11)15-14(18-12)16-9-4-2-1-3-5-10-16/h1-10H2. The minimum atomic E-state index is 0.255. The van der Waals surface area contributed by atoms with Crippen LogP contribution in [0.15, 0.2) is 0 Å². The molecule has 4 heteroatoms. The molecule has 98 valence electrons. The van der Waals surface area contributed by atoms with Gasteiger partial charge in [0, 0.05) is 24.4 Å². The quantitative estimate of drug-likeness (QED) is 0.779. The summed E-state index contributed by atoms with van der Waals surface area (Å²) < 4.78 is 0. The monoisotopic (exact) mass is 264 g/mol. The number of thiazole rings is 1. The summed E-state index contributed by atoms with van der Waals surface area (Å²) in [5.74, 6) is 0.255. The van der Waals surface area contributed by atoms with Crippen molar-refractivity contribution in [1.82, 2.24) is 4.98 Å². The van der Waals surface area contributed by atoms with Gasteiger partial charge in [-0.15, -0.1) is 11.3 Å². The number of nitrogens with zero attached hydrogens (tertiary/aromatic N) is 2. The third-order valence-electron chi connectivity index (χ3n) is 3.88. The summed E-state index contributed by atoms with van der Waals surface area (Å²) in [7, 11) is 0. The number of fused-ring (bicyclic) bond motifs is 1. The number of anilines is 1. The Morgan fingerprint density at radius 3 is 2.39 bits per heavy atom. The van der Waals surface area contributed by atoms with Gasteiger partial charge in [-0.1, -0.05) is 19.3 Å². The van der Waals surface area contributed by atoms with Crippen molar-refractivity contribution in [3.05, 3.63) is 10.6 Å². The van der Waals surface area contributed by atoms with Gasteiger partial charge < -0.3 is 4.90 Å². The zero-order valence-corrected chi connectivity index (χ0v) is 11.6. The molecular weight excluding hydrogens is 244 g/mol. The van der Waals surface area contributed by atoms with Gasteiger partial charge in [0.15, 0.2) is 10.9 Å². The lowest BCUT2D eigenvalue weighted by molar-refractivity contribution is 0.0968. The molecule has 2 aliphatic rings. The summed E-state index contributed by atoms with van der Waals surface area (Å²) in [5, 5.41) is 1.09. The zero-order valence-electron chi connectivity index (χ0n) is 10.8. The number of hydrogen-bond acceptors (Lipinski definition) is 4. The van der Waals surface area contributed by atoms with Gasteiger partial charge >= 0.3 is 0 Å². The maximum absolute atomic E-state index is 11.8. The molecule has 0 N–H and O–H groups in total. The average molecular weight is 264 g/mol. The van der Waals surface area contributed by atoms with Crippen LogP contribution < -0.4 is 4.90 Å². The molecule has 0 unspecified atom stereocenters. The molecule has 0 atom stereocenters. The minimum absolute atomic E-state index is 0.255. The predicted molar refractivity (Wildman–Crippen MR) is 74.7 cm³/mol. The van der Waals surface area contributed by atoms with Crippen molar-refractivity contribution in [1.29, 1.82) is 0 Å². The van der Waals surface area contributed by atoms with Crippen LogP contribution >= 0.6 is 11.3 Å². The Kier molecular flexibility index (Phi) is 3.64. The first-order valence-electron chi connectivity index (χ1n) is 7.12. The fourth-order valence-corrected chi connectivity index (χ4v) is 4.00. The average Bonchev–Trinajstić information content (AvgIpc) is 2.73. The van der Waals surface area contributed by atoms with Gasteiger partial charge in [0.2, 0.25) is 0 Å². The van der Waals surface area contributed by atoms with Crippen LogP contribution in [0.4, 0.5) is 5.13 Å². The van der Waals surface area contributed by atoms with E-state index in [1.54, 1.807) is 11.3 Å². The fourth-order valence-electron chi connectivity index (χ4n) is 2.83. The lowest BCUT2D eigenvalue weighted by atomic mass is 10.0. The smallest absolute Gasteiger partial charge is 0.186 e. The highest BCUT2D eigenvalue weighted by Crippen LogP contribution is 2.32. The molecule has 18 heavy (non-hydrogen) atoms. The van der Waals surface area contributed by atoms with Crippen LogP contribution in [0.25, 0.3) is 0 Å². The molecule has 0 aromatic carbocycles. The molecule has 0 saturated carbocycles. The maximum Gasteiger partial charge on any atom is 0.186 e. The third kappa shape index (κ3) is 2.44. The summed E-state index contributed by atoms with van der Waals surface area (Å²) in [6, 6.07) is 0. The zero-order chi connectivity index (χ0) is 12.4. The van der Waals surface area contributed by atoms with E-state index in [0.717, 1.165) is 36.8 Å². The van der Waals surface area contributed by atoms with Crippen molar-refractivity contribution in [2.24, 2.45) is 0 Å². The molecule has 1 aromatic heterocycles. The van der Waals surface area contributed by atoms with Crippen molar-refractivity contribution in [3.63, 3.8) is 0 Å². The van der Waals surface area contributed by atoms with Crippen LogP contribution in [-0.2, 0) is 6.42 Å². The van der Waals surface area contributed by atoms with Gasteiger partial charge in [-0.3, -0.25) is 4.79 Å². The van der Waals surface area contributed by atoms with Crippen molar-refractivity contribution < 1.29 is 4.79 Å². The van der Waals surface area contributed by atoms with Crippen molar-refractivity contribution >= 4 is 22.3 Å². The Bertz CT molecular complexity index is 433. The first-order chi connectivity index (χ1) is 8.84. The summed E-state index contributed by atoms with van der Waals surface area (Å²) in [6.07, 6.45) is 9.31. The van der Waals surface area contributed by atoms with Crippen LogP contribution in [0.3, 0.4) is 0 Å². The lowest BCUT2D eigenvalue weighted by Gasteiger charge is -2.23. The van der Waals surface area contributed by atoms with E-state index in [-0.39, 0.29) is 5.78 Å². The molecule has 1 fully saturated rings. The fraction of sp³-hybridized carbons (Fsp3) is 0.714. The van der Waals surface area contributed by atoms with E-state index in [4.69, 9.17) is 0 Å². The summed E-state index contributed by atoms with van der Waals surface area (Å²) >= 11 is 1.76. The molecule has 3 rings (SSSR count). The lowest BCUT2D eigenvalue weighted by Crippen LogP contribution is -2.26. The van der Waals surface area contributed by atoms with Crippen molar-refractivity contribution in [3.8, 4) is 0 Å². The Labute approximate surface area is 112 Å². The van der Waals surface area contributed by atoms with Crippen LogP contribution in [0, 0.1) is 0 Å². The van der Waals surface area contributed by atoms with Crippen LogP contribution in [0.2, 0.25) is 0 Å². The number of carbonyl (C=O) groups excluding carboxylic acids is 1. The highest BCUT2D eigenvalue weighted by atomic mass is 32.1. The number of aryl methyl sites for hydroxylation is 1. The second-order valence-corrected chi connectivity index (χ2v) is 6.36. The first-order valence-corrected chi connectivity index (χ1v) is 7.94. The van der Waals surface area contributed by atoms with E-state index < -0.39 is 0 Å². The van der Waals surface area contributed by atoms with E-state index in [1.807, 2.05) is 0 Å². The van der Waals surface area contributed by atoms with Gasteiger partial charge in [0.1, 0.15) is 5.69 Å². The van der Waals surface area contributed by atoms with Crippen LogP contribution in [0.1, 0.15) is 60.3 Å². The highest BCUT2D eigenvalue weighted by Gasteiger charge is 2.24. The summed E-state index contributed by atoms with van der Waals surface area (Å²) in [4.78, 5) is 20.1. The largest absolute Gasteiger partial charge is 0.348 e. The maximum atomic E-state index is 11.8. The number of ketones is 1. The van der Waals surface area contributed by atoms with Gasteiger partial charge in [-0.2, -0.15) is 0 Å². The summed E-state index contributed by atoms with van der Waals surface area (Å²) in [6.45, 7) is 2.22. The number of Topliss-reactive ketones (excluding diaryl/α,β-unsaturated/α-hetero) is 1. The van der Waals surface area contributed by atoms with Gasteiger partial charge in [-0.25, -0.2) is 4.98 Å². The minimum Gasteiger partial charge on any atom is -0.348 e. The molecule has 2 heterocycles. The Hall–Kier alpha value is -0.900. The van der Waals surface area contributed by atoms with E-state index in [2.05, 4.69) is 9.88 Å². The molecule has 1 saturated heterocycles. The second kappa shape index (κ2) is 5.39. The van der Waals surface area contributed by atoms with Gasteiger partial charge in [0.25, 0.3) is 0 Å². The number of aromatic nitrogens is 1. The third-order valence-corrected chi connectivity index (χ3v) is 5.06. The van der Waals surface area contributed by atoms with Crippen LogP contribution in [0.5, 0.6) is 0 Å². The Morgan fingerprint density at radius 2 is 1.67 bits per heavy atom. The summed E-state index contributed by atoms with van der Waals surface area (Å²) in [5.41, 5.74) is 0.781. The molecule has 0 spiro atoms. The van der Waals surface area contributed by atoms with E-state index in [0.29, 0.717) is 6.42 Å².